The molecule has 3 heterocycles. The van der Waals surface area contributed by atoms with Crippen molar-refractivity contribution in [1.82, 2.24) is 20.2 Å². The third-order valence-corrected chi connectivity index (χ3v) is 8.65. The van der Waals surface area contributed by atoms with E-state index in [-0.39, 0.29) is 5.91 Å². The zero-order valence-corrected chi connectivity index (χ0v) is 22.7. The van der Waals surface area contributed by atoms with Gasteiger partial charge in [-0.05, 0) is 30.7 Å². The molecule has 0 spiro atoms. The summed E-state index contributed by atoms with van der Waals surface area (Å²) in [5, 5.41) is 5.80. The van der Waals surface area contributed by atoms with E-state index in [9.17, 15) is 4.79 Å². The lowest BCUT2D eigenvalue weighted by atomic mass is 10.0. The summed E-state index contributed by atoms with van der Waals surface area (Å²) in [6, 6.07) is 23.7. The Morgan fingerprint density at radius 3 is 2.53 bits per heavy atom. The Hall–Kier alpha value is -3.52. The number of amides is 1. The fourth-order valence-corrected chi connectivity index (χ4v) is 6.30. The van der Waals surface area contributed by atoms with Gasteiger partial charge < -0.3 is 10.2 Å². The Kier molecular flexibility index (Phi) is 6.98. The quantitative estimate of drug-likeness (QED) is 0.284. The molecule has 0 bridgehead atoms. The molecule has 0 saturated carbocycles. The molecule has 1 aliphatic heterocycles. The van der Waals surface area contributed by atoms with E-state index in [1.165, 1.54) is 0 Å². The third-order valence-electron chi connectivity index (χ3n) is 7.07. The molecule has 0 radical (unpaired) electrons. The van der Waals surface area contributed by atoms with Gasteiger partial charge >= 0.3 is 0 Å². The number of benzene rings is 3. The van der Waals surface area contributed by atoms with Crippen LogP contribution in [0, 0.1) is 6.92 Å². The highest BCUT2D eigenvalue weighted by Crippen LogP contribution is 2.35. The van der Waals surface area contributed by atoms with E-state index >= 15 is 0 Å². The molecular formula is C30H28ClN5OS. The molecule has 1 saturated heterocycles. The molecule has 6 nitrogen and oxygen atoms in total. The van der Waals surface area contributed by atoms with Gasteiger partial charge in [0.15, 0.2) is 5.13 Å². The second-order valence-corrected chi connectivity index (χ2v) is 10.9. The van der Waals surface area contributed by atoms with Gasteiger partial charge in [-0.25, -0.2) is 9.97 Å². The Balaban J connectivity index is 1.08. The molecule has 8 heteroatoms. The van der Waals surface area contributed by atoms with Crippen LogP contribution in [0.15, 0.2) is 72.8 Å². The number of pyridine rings is 1. The Labute approximate surface area is 230 Å². The Bertz CT molecular complexity index is 1570. The number of nitrogens with zero attached hydrogens (tertiary/aromatic N) is 4. The highest BCUT2D eigenvalue weighted by Gasteiger charge is 2.21. The van der Waals surface area contributed by atoms with Crippen molar-refractivity contribution < 1.29 is 4.79 Å². The van der Waals surface area contributed by atoms with E-state index < -0.39 is 0 Å². The lowest BCUT2D eigenvalue weighted by Gasteiger charge is -2.34. The smallest absolute Gasteiger partial charge is 0.252 e. The summed E-state index contributed by atoms with van der Waals surface area (Å²) in [6.45, 7) is 7.13. The van der Waals surface area contributed by atoms with E-state index in [1.807, 2.05) is 72.8 Å². The summed E-state index contributed by atoms with van der Waals surface area (Å²) in [5.74, 6) is -0.0684. The molecule has 1 amide bonds. The van der Waals surface area contributed by atoms with Crippen LogP contribution in [-0.2, 0) is 0 Å². The molecule has 2 aromatic heterocycles. The van der Waals surface area contributed by atoms with Gasteiger partial charge in [-0.3, -0.25) is 9.69 Å². The topological polar surface area (TPSA) is 61.4 Å². The van der Waals surface area contributed by atoms with Crippen molar-refractivity contribution >= 4 is 55.1 Å². The van der Waals surface area contributed by atoms with Gasteiger partial charge in [0, 0.05) is 50.2 Å². The average Bonchev–Trinajstić information content (AvgIpc) is 3.42. The Morgan fingerprint density at radius 2 is 1.74 bits per heavy atom. The van der Waals surface area contributed by atoms with Gasteiger partial charge in [-0.2, -0.15) is 0 Å². The number of thiazole rings is 1. The number of halogens is 1. The summed E-state index contributed by atoms with van der Waals surface area (Å²) in [6.07, 6.45) is 0. The van der Waals surface area contributed by atoms with Gasteiger partial charge in [-0.1, -0.05) is 77.5 Å². The molecule has 5 aromatic rings. The first-order valence-electron chi connectivity index (χ1n) is 12.8. The van der Waals surface area contributed by atoms with E-state index in [0.717, 1.165) is 80.8 Å². The summed E-state index contributed by atoms with van der Waals surface area (Å²) >= 11 is 8.08. The summed E-state index contributed by atoms with van der Waals surface area (Å²) in [5.41, 5.74) is 5.43. The third kappa shape index (κ3) is 4.97. The van der Waals surface area contributed by atoms with Crippen LogP contribution in [0.3, 0.4) is 0 Å². The monoisotopic (exact) mass is 541 g/mol. The molecule has 1 fully saturated rings. The lowest BCUT2D eigenvalue weighted by Crippen LogP contribution is -2.48. The molecular weight excluding hydrogens is 514 g/mol. The zero-order chi connectivity index (χ0) is 26.1. The number of aromatic nitrogens is 2. The first-order valence-corrected chi connectivity index (χ1v) is 14.0. The number of carbonyl (C=O) groups is 1. The minimum absolute atomic E-state index is 0.0684. The van der Waals surface area contributed by atoms with Gasteiger partial charge in [0.1, 0.15) is 0 Å². The van der Waals surface area contributed by atoms with Crippen LogP contribution in [0.4, 0.5) is 5.13 Å². The van der Waals surface area contributed by atoms with Crippen molar-refractivity contribution in [1.29, 1.82) is 0 Å². The van der Waals surface area contributed by atoms with Crippen LogP contribution >= 0.6 is 22.9 Å². The largest absolute Gasteiger partial charge is 0.351 e. The summed E-state index contributed by atoms with van der Waals surface area (Å²) in [4.78, 5) is 27.7. The number of anilines is 1. The minimum atomic E-state index is -0.0684. The normalized spacial score (nSPS) is 14.3. The van der Waals surface area contributed by atoms with E-state index in [1.54, 1.807) is 11.3 Å². The molecule has 0 unspecified atom stereocenters. The standard InChI is InChI=1S/C30H28ClN5OS/c1-20-11-12-24(31)28-27(20)34-30(38-28)36-17-15-35(16-18-36)14-13-32-29(37)23-19-26(21-7-3-2-4-8-21)33-25-10-6-5-9-22(23)25/h2-12,19H,13-18H2,1H3,(H,32,37). The number of fused-ring (bicyclic) bond motifs is 2. The second kappa shape index (κ2) is 10.7. The fraction of sp³-hybridized carbons (Fsp3) is 0.233. The molecule has 6 rings (SSSR count). The first kappa shape index (κ1) is 24.8. The zero-order valence-electron chi connectivity index (χ0n) is 21.2. The summed E-state index contributed by atoms with van der Waals surface area (Å²) < 4.78 is 1.06. The van der Waals surface area contributed by atoms with Crippen molar-refractivity contribution in [2.45, 2.75) is 6.92 Å². The van der Waals surface area contributed by atoms with Gasteiger partial charge in [0.05, 0.1) is 32.0 Å². The van der Waals surface area contributed by atoms with Crippen molar-refractivity contribution in [3.8, 4) is 11.3 Å². The Morgan fingerprint density at radius 1 is 0.974 bits per heavy atom. The van der Waals surface area contributed by atoms with E-state index in [0.29, 0.717) is 12.1 Å². The van der Waals surface area contributed by atoms with Crippen LogP contribution in [0.5, 0.6) is 0 Å². The van der Waals surface area contributed by atoms with Crippen LogP contribution in [0.1, 0.15) is 15.9 Å². The number of hydrogen-bond donors (Lipinski definition) is 1. The highest BCUT2D eigenvalue weighted by atomic mass is 35.5. The molecule has 0 aliphatic carbocycles. The highest BCUT2D eigenvalue weighted by molar-refractivity contribution is 7.22. The van der Waals surface area contributed by atoms with Gasteiger partial charge in [0.2, 0.25) is 0 Å². The van der Waals surface area contributed by atoms with Crippen LogP contribution in [-0.4, -0.2) is 60.0 Å². The number of aryl methyl sites for hydroxylation is 1. The molecule has 1 aliphatic rings. The van der Waals surface area contributed by atoms with Crippen LogP contribution < -0.4 is 10.2 Å². The molecule has 38 heavy (non-hydrogen) atoms. The second-order valence-electron chi connectivity index (χ2n) is 9.56. The molecule has 192 valence electrons. The van der Waals surface area contributed by atoms with E-state index in [2.05, 4.69) is 22.0 Å². The van der Waals surface area contributed by atoms with Crippen molar-refractivity contribution in [3.63, 3.8) is 0 Å². The molecule has 1 N–H and O–H groups in total. The van der Waals surface area contributed by atoms with E-state index in [4.69, 9.17) is 21.6 Å². The maximum atomic E-state index is 13.3. The number of hydrogen-bond acceptors (Lipinski definition) is 6. The number of nitrogens with one attached hydrogen (secondary N) is 1. The maximum absolute atomic E-state index is 13.3. The number of rotatable bonds is 6. The predicted octanol–water partition coefficient (Wildman–Crippen LogP) is 6.03. The first-order chi connectivity index (χ1) is 18.6. The van der Waals surface area contributed by atoms with Crippen molar-refractivity contribution in [2.75, 3.05) is 44.2 Å². The number of carbonyl (C=O) groups excluding carboxylic acids is 1. The average molecular weight is 542 g/mol. The van der Waals surface area contributed by atoms with Crippen molar-refractivity contribution in [3.05, 3.63) is 88.9 Å². The summed E-state index contributed by atoms with van der Waals surface area (Å²) in [7, 11) is 0. The fourth-order valence-electron chi connectivity index (χ4n) is 4.93. The van der Waals surface area contributed by atoms with Gasteiger partial charge in [0.25, 0.3) is 5.91 Å². The van der Waals surface area contributed by atoms with Crippen LogP contribution in [0.25, 0.3) is 32.4 Å². The number of piperazine rings is 1. The SMILES string of the molecule is Cc1ccc(Cl)c2sc(N3CCN(CCNC(=O)c4cc(-c5ccccc5)nc5ccccc45)CC3)nc12. The number of para-hydroxylation sites is 1. The minimum Gasteiger partial charge on any atom is -0.351 e. The van der Waals surface area contributed by atoms with Crippen molar-refractivity contribution in [2.24, 2.45) is 0 Å². The predicted molar refractivity (Wildman–Crippen MR) is 158 cm³/mol. The molecule has 0 atom stereocenters. The lowest BCUT2D eigenvalue weighted by molar-refractivity contribution is 0.0949. The maximum Gasteiger partial charge on any atom is 0.252 e. The van der Waals surface area contributed by atoms with Gasteiger partial charge in [-0.15, -0.1) is 0 Å². The molecule has 3 aromatic carbocycles. The van der Waals surface area contributed by atoms with Crippen LogP contribution in [0.2, 0.25) is 5.02 Å².